The number of rotatable bonds is 3. The highest BCUT2D eigenvalue weighted by molar-refractivity contribution is 5.76. The summed E-state index contributed by atoms with van der Waals surface area (Å²) in [6.45, 7) is 3.00. The highest BCUT2D eigenvalue weighted by Gasteiger charge is 2.22. The zero-order chi connectivity index (χ0) is 16.3. The third-order valence-electron chi connectivity index (χ3n) is 3.72. The van der Waals surface area contributed by atoms with E-state index in [2.05, 4.69) is 0 Å². The topological polar surface area (TPSA) is 109 Å². The van der Waals surface area contributed by atoms with Crippen molar-refractivity contribution in [2.24, 2.45) is 5.92 Å². The number of carbonyl (C=O) groups excluding carboxylic acids is 1. The predicted octanol–water partition coefficient (Wildman–Crippen LogP) is 0.887. The van der Waals surface area contributed by atoms with E-state index >= 15 is 0 Å². The molecule has 1 fully saturated rings. The second kappa shape index (κ2) is 6.39. The van der Waals surface area contributed by atoms with Crippen LogP contribution in [0.2, 0.25) is 0 Å². The highest BCUT2D eigenvalue weighted by atomic mass is 16.6. The molecule has 0 N–H and O–H groups in total. The predicted molar refractivity (Wildman–Crippen MR) is 77.0 cm³/mol. The van der Waals surface area contributed by atoms with Crippen molar-refractivity contribution < 1.29 is 9.72 Å². The molecule has 0 bridgehead atoms. The summed E-state index contributed by atoms with van der Waals surface area (Å²) >= 11 is 0. The molecule has 2 rings (SSSR count). The minimum atomic E-state index is -0.690. The third-order valence-corrected chi connectivity index (χ3v) is 3.72. The van der Waals surface area contributed by atoms with Crippen LogP contribution in [0.15, 0.2) is 17.1 Å². The molecule has 1 aromatic rings. The summed E-state index contributed by atoms with van der Waals surface area (Å²) in [4.78, 5) is 36.1. The van der Waals surface area contributed by atoms with Crippen molar-refractivity contribution in [1.29, 1.82) is 5.26 Å². The van der Waals surface area contributed by atoms with E-state index in [4.69, 9.17) is 5.26 Å². The Morgan fingerprint density at radius 3 is 2.91 bits per heavy atom. The summed E-state index contributed by atoms with van der Waals surface area (Å²) in [5.41, 5.74) is -1.41. The number of nitro groups is 1. The number of aromatic nitrogens is 1. The van der Waals surface area contributed by atoms with E-state index in [9.17, 15) is 19.7 Å². The van der Waals surface area contributed by atoms with E-state index in [-0.39, 0.29) is 23.7 Å². The third kappa shape index (κ3) is 3.31. The molecule has 0 radical (unpaired) electrons. The lowest BCUT2D eigenvalue weighted by molar-refractivity contribution is -0.385. The van der Waals surface area contributed by atoms with E-state index in [1.165, 1.54) is 0 Å². The smallest absolute Gasteiger partial charge is 0.287 e. The van der Waals surface area contributed by atoms with Gasteiger partial charge in [-0.15, -0.1) is 0 Å². The maximum Gasteiger partial charge on any atom is 0.287 e. The summed E-state index contributed by atoms with van der Waals surface area (Å²) < 4.78 is 0.943. The van der Waals surface area contributed by atoms with Crippen molar-refractivity contribution in [1.82, 2.24) is 9.47 Å². The molecule has 0 spiro atoms. The molecule has 1 saturated heterocycles. The first-order valence-corrected chi connectivity index (χ1v) is 6.99. The van der Waals surface area contributed by atoms with E-state index in [1.807, 2.05) is 6.92 Å². The monoisotopic (exact) mass is 304 g/mol. The molecule has 0 aliphatic carbocycles. The Kier molecular flexibility index (Phi) is 4.56. The summed E-state index contributed by atoms with van der Waals surface area (Å²) in [5.74, 6) is 0.132. The van der Waals surface area contributed by atoms with Crippen LogP contribution >= 0.6 is 0 Å². The molecule has 0 unspecified atom stereocenters. The normalized spacial score (nSPS) is 17.8. The fraction of sp³-hybridized carbons (Fsp3) is 0.500. The quantitative estimate of drug-likeness (QED) is 0.608. The minimum Gasteiger partial charge on any atom is -0.341 e. The van der Waals surface area contributed by atoms with Gasteiger partial charge >= 0.3 is 0 Å². The van der Waals surface area contributed by atoms with Crippen LogP contribution in [0.4, 0.5) is 5.69 Å². The first kappa shape index (κ1) is 15.7. The number of nitriles is 1. The van der Waals surface area contributed by atoms with Crippen LogP contribution in [0.25, 0.3) is 0 Å². The summed E-state index contributed by atoms with van der Waals surface area (Å²) in [6.07, 6.45) is 2.97. The molecule has 1 atom stereocenters. The second-order valence-corrected chi connectivity index (χ2v) is 5.50. The molecular weight excluding hydrogens is 288 g/mol. The first-order chi connectivity index (χ1) is 10.4. The lowest BCUT2D eigenvalue weighted by Gasteiger charge is -2.31. The maximum absolute atomic E-state index is 12.3. The van der Waals surface area contributed by atoms with Crippen molar-refractivity contribution in [3.05, 3.63) is 38.3 Å². The van der Waals surface area contributed by atoms with Gasteiger partial charge in [-0.25, -0.2) is 0 Å². The Bertz CT molecular complexity index is 704. The van der Waals surface area contributed by atoms with Gasteiger partial charge in [-0.05, 0) is 18.8 Å². The van der Waals surface area contributed by atoms with Gasteiger partial charge in [-0.1, -0.05) is 6.92 Å². The van der Waals surface area contributed by atoms with Gasteiger partial charge in [-0.3, -0.25) is 24.3 Å². The van der Waals surface area contributed by atoms with E-state index < -0.39 is 10.5 Å². The average molecular weight is 304 g/mol. The van der Waals surface area contributed by atoms with Crippen LogP contribution in [-0.4, -0.2) is 33.4 Å². The van der Waals surface area contributed by atoms with E-state index in [0.717, 1.165) is 29.7 Å². The van der Waals surface area contributed by atoms with Crippen LogP contribution in [0.3, 0.4) is 0 Å². The van der Waals surface area contributed by atoms with Crippen molar-refractivity contribution in [3.8, 4) is 6.07 Å². The van der Waals surface area contributed by atoms with Crippen LogP contribution < -0.4 is 5.56 Å². The first-order valence-electron chi connectivity index (χ1n) is 6.99. The number of nitrogens with zero attached hydrogens (tertiary/aromatic N) is 4. The van der Waals surface area contributed by atoms with Gasteiger partial charge in [0, 0.05) is 19.2 Å². The number of pyridine rings is 1. The molecule has 1 amide bonds. The number of likely N-dealkylation sites (tertiary alicyclic amines) is 1. The van der Waals surface area contributed by atoms with Gasteiger partial charge in [0.25, 0.3) is 11.2 Å². The summed E-state index contributed by atoms with van der Waals surface area (Å²) in [5, 5.41) is 19.7. The van der Waals surface area contributed by atoms with Crippen LogP contribution in [0.1, 0.15) is 25.3 Å². The van der Waals surface area contributed by atoms with Gasteiger partial charge in [-0.2, -0.15) is 5.26 Å². The maximum atomic E-state index is 12.3. The Morgan fingerprint density at radius 1 is 1.59 bits per heavy atom. The molecule has 1 aromatic heterocycles. The molecular formula is C14H16N4O4. The lowest BCUT2D eigenvalue weighted by atomic mass is 10.0. The Hall–Kier alpha value is -2.69. The molecule has 8 nitrogen and oxygen atoms in total. The van der Waals surface area contributed by atoms with Crippen molar-refractivity contribution in [3.63, 3.8) is 0 Å². The summed E-state index contributed by atoms with van der Waals surface area (Å²) in [6, 6.07) is 2.55. The molecule has 116 valence electrons. The van der Waals surface area contributed by atoms with Gasteiger partial charge in [0.05, 0.1) is 11.1 Å². The molecule has 1 aliphatic rings. The highest BCUT2D eigenvalue weighted by Crippen LogP contribution is 2.16. The van der Waals surface area contributed by atoms with E-state index in [0.29, 0.717) is 19.0 Å². The molecule has 0 aromatic carbocycles. The minimum absolute atomic E-state index is 0.266. The Morgan fingerprint density at radius 2 is 2.32 bits per heavy atom. The van der Waals surface area contributed by atoms with Gasteiger partial charge < -0.3 is 4.90 Å². The molecule has 2 heterocycles. The standard InChI is InChI=1S/C14H16N4O4/c1-10-3-2-4-16(7-10)13(19)9-17-8-12(18(21)22)5-11(6-15)14(17)20/h5,8,10H,2-4,7,9H2,1H3/t10-/m1/s1. The fourth-order valence-corrected chi connectivity index (χ4v) is 2.58. The molecule has 22 heavy (non-hydrogen) atoms. The zero-order valence-corrected chi connectivity index (χ0v) is 12.2. The number of carbonyl (C=O) groups is 1. The lowest BCUT2D eigenvalue weighted by Crippen LogP contribution is -2.42. The molecule has 0 saturated carbocycles. The van der Waals surface area contributed by atoms with Crippen LogP contribution in [-0.2, 0) is 11.3 Å². The number of piperidine rings is 1. The van der Waals surface area contributed by atoms with Crippen molar-refractivity contribution >= 4 is 11.6 Å². The zero-order valence-electron chi connectivity index (χ0n) is 12.2. The average Bonchev–Trinajstić information content (AvgIpc) is 2.49. The van der Waals surface area contributed by atoms with Gasteiger partial charge in [0.1, 0.15) is 18.2 Å². The van der Waals surface area contributed by atoms with E-state index in [1.54, 1.807) is 11.0 Å². The number of hydrogen-bond donors (Lipinski definition) is 0. The number of amides is 1. The Labute approximate surface area is 126 Å². The number of hydrogen-bond acceptors (Lipinski definition) is 5. The van der Waals surface area contributed by atoms with Crippen LogP contribution in [0.5, 0.6) is 0 Å². The SMILES string of the molecule is C[C@@H]1CCCN(C(=O)Cn2cc([N+](=O)[O-])cc(C#N)c2=O)C1. The van der Waals surface area contributed by atoms with Crippen molar-refractivity contribution in [2.75, 3.05) is 13.1 Å². The summed E-state index contributed by atoms with van der Waals surface area (Å²) in [7, 11) is 0. The second-order valence-electron chi connectivity index (χ2n) is 5.50. The van der Waals surface area contributed by atoms with Gasteiger partial charge in [0.2, 0.25) is 5.91 Å². The largest absolute Gasteiger partial charge is 0.341 e. The van der Waals surface area contributed by atoms with Crippen molar-refractivity contribution in [2.45, 2.75) is 26.3 Å². The molecule has 1 aliphatic heterocycles. The molecule has 8 heteroatoms. The Balaban J connectivity index is 2.27. The van der Waals surface area contributed by atoms with Crippen LogP contribution in [0, 0.1) is 27.4 Å². The van der Waals surface area contributed by atoms with Gasteiger partial charge in [0.15, 0.2) is 0 Å². The fourth-order valence-electron chi connectivity index (χ4n) is 2.58.